The molecule has 0 saturated carbocycles. The molecule has 30 heavy (non-hydrogen) atoms. The molecule has 2 unspecified atom stereocenters. The van der Waals surface area contributed by atoms with Crippen LogP contribution < -0.4 is 4.74 Å². The van der Waals surface area contributed by atoms with Crippen molar-refractivity contribution in [1.82, 2.24) is 0 Å². The molecule has 0 aliphatic rings. The van der Waals surface area contributed by atoms with Crippen LogP contribution in [0.2, 0.25) is 19.6 Å². The highest BCUT2D eigenvalue weighted by atomic mass is 28.3. The van der Waals surface area contributed by atoms with Crippen LogP contribution in [0.3, 0.4) is 0 Å². The SMILES string of the molecule is C=C(C)C(O)CCC(OC(=O)c1ccccc1)c1ccc(OC)cc1C[Si](C)(C)C. The quantitative estimate of drug-likeness (QED) is 0.299. The van der Waals surface area contributed by atoms with E-state index in [0.29, 0.717) is 24.0 Å². The van der Waals surface area contributed by atoms with Gasteiger partial charge in [0.15, 0.2) is 0 Å². The maximum atomic E-state index is 12.8. The second-order valence-electron chi connectivity index (χ2n) is 9.00. The Hall–Kier alpha value is -2.37. The molecule has 5 heteroatoms. The van der Waals surface area contributed by atoms with Crippen molar-refractivity contribution in [3.8, 4) is 5.75 Å². The van der Waals surface area contributed by atoms with E-state index in [2.05, 4.69) is 26.2 Å². The fourth-order valence-corrected chi connectivity index (χ4v) is 4.80. The van der Waals surface area contributed by atoms with Gasteiger partial charge in [-0.25, -0.2) is 4.79 Å². The Bertz CT molecular complexity index is 855. The highest BCUT2D eigenvalue weighted by Crippen LogP contribution is 2.32. The summed E-state index contributed by atoms with van der Waals surface area (Å²) >= 11 is 0. The predicted molar refractivity (Wildman–Crippen MR) is 125 cm³/mol. The maximum Gasteiger partial charge on any atom is 0.338 e. The topological polar surface area (TPSA) is 55.8 Å². The summed E-state index contributed by atoms with van der Waals surface area (Å²) in [6.07, 6.45) is -0.0939. The highest BCUT2D eigenvalue weighted by molar-refractivity contribution is 6.75. The molecule has 0 spiro atoms. The van der Waals surface area contributed by atoms with Gasteiger partial charge >= 0.3 is 5.97 Å². The van der Waals surface area contributed by atoms with Gasteiger partial charge in [-0.1, -0.05) is 56.1 Å². The van der Waals surface area contributed by atoms with Crippen LogP contribution in [-0.2, 0) is 10.8 Å². The van der Waals surface area contributed by atoms with Crippen LogP contribution in [0.25, 0.3) is 0 Å². The van der Waals surface area contributed by atoms with Gasteiger partial charge in [-0.05, 0) is 61.2 Å². The summed E-state index contributed by atoms with van der Waals surface area (Å²) in [7, 11) is 0.219. The highest BCUT2D eigenvalue weighted by Gasteiger charge is 2.25. The minimum Gasteiger partial charge on any atom is -0.497 e. The lowest BCUT2D eigenvalue weighted by atomic mass is 9.96. The van der Waals surface area contributed by atoms with Gasteiger partial charge in [-0.2, -0.15) is 0 Å². The van der Waals surface area contributed by atoms with Crippen LogP contribution in [0, 0.1) is 0 Å². The average Bonchev–Trinajstić information content (AvgIpc) is 2.70. The lowest BCUT2D eigenvalue weighted by Gasteiger charge is -2.25. The van der Waals surface area contributed by atoms with Crippen LogP contribution in [0.15, 0.2) is 60.7 Å². The minimum absolute atomic E-state index is 0.361. The molecule has 4 nitrogen and oxygen atoms in total. The van der Waals surface area contributed by atoms with Crippen molar-refractivity contribution >= 4 is 14.0 Å². The Kier molecular flexibility index (Phi) is 8.44. The molecular weight excluding hydrogens is 392 g/mol. The number of aliphatic hydroxyl groups is 1. The van der Waals surface area contributed by atoms with Crippen LogP contribution in [0.1, 0.15) is 47.4 Å². The summed E-state index contributed by atoms with van der Waals surface area (Å²) in [6.45, 7) is 12.6. The molecule has 0 aliphatic carbocycles. The van der Waals surface area contributed by atoms with E-state index in [1.165, 1.54) is 0 Å². The number of methoxy groups -OCH3 is 1. The van der Waals surface area contributed by atoms with Crippen LogP contribution in [-0.4, -0.2) is 32.4 Å². The first-order chi connectivity index (χ1) is 14.1. The van der Waals surface area contributed by atoms with E-state index in [0.717, 1.165) is 22.9 Å². The summed E-state index contributed by atoms with van der Waals surface area (Å²) in [4.78, 5) is 12.8. The Labute approximate surface area is 181 Å². The van der Waals surface area contributed by atoms with Gasteiger partial charge in [0.05, 0.1) is 18.8 Å². The van der Waals surface area contributed by atoms with E-state index in [1.54, 1.807) is 26.2 Å². The molecule has 0 heterocycles. The van der Waals surface area contributed by atoms with Crippen molar-refractivity contribution in [2.75, 3.05) is 7.11 Å². The van der Waals surface area contributed by atoms with E-state index in [1.807, 2.05) is 36.4 Å². The normalized spacial score (nSPS) is 13.4. The Morgan fingerprint density at radius 1 is 1.10 bits per heavy atom. The smallest absolute Gasteiger partial charge is 0.338 e. The first-order valence-corrected chi connectivity index (χ1v) is 14.1. The van der Waals surface area contributed by atoms with E-state index in [-0.39, 0.29) is 5.97 Å². The maximum absolute atomic E-state index is 12.8. The van der Waals surface area contributed by atoms with Crippen molar-refractivity contribution in [3.63, 3.8) is 0 Å². The summed E-state index contributed by atoms with van der Waals surface area (Å²) in [6, 6.07) is 15.9. The number of aliphatic hydroxyl groups excluding tert-OH is 1. The fraction of sp³-hybridized carbons (Fsp3) is 0.400. The average molecular weight is 427 g/mol. The number of hydrogen-bond acceptors (Lipinski definition) is 4. The fourth-order valence-electron chi connectivity index (χ4n) is 3.35. The van der Waals surface area contributed by atoms with Crippen LogP contribution in [0.4, 0.5) is 0 Å². The van der Waals surface area contributed by atoms with E-state index in [9.17, 15) is 9.90 Å². The van der Waals surface area contributed by atoms with E-state index >= 15 is 0 Å². The monoisotopic (exact) mass is 426 g/mol. The second kappa shape index (κ2) is 10.6. The number of hydrogen-bond donors (Lipinski definition) is 1. The van der Waals surface area contributed by atoms with Crippen molar-refractivity contribution in [3.05, 3.63) is 77.4 Å². The summed E-state index contributed by atoms with van der Waals surface area (Å²) in [5.74, 6) is 0.433. The zero-order valence-corrected chi connectivity index (χ0v) is 19.8. The lowest BCUT2D eigenvalue weighted by Crippen LogP contribution is -2.26. The van der Waals surface area contributed by atoms with Gasteiger partial charge in [0, 0.05) is 8.07 Å². The van der Waals surface area contributed by atoms with Crippen molar-refractivity contribution in [2.45, 2.75) is 57.7 Å². The summed E-state index contributed by atoms with van der Waals surface area (Å²) < 4.78 is 11.4. The zero-order chi connectivity index (χ0) is 22.3. The van der Waals surface area contributed by atoms with Gasteiger partial charge in [-0.3, -0.25) is 0 Å². The predicted octanol–water partition coefficient (Wildman–Crippen LogP) is 5.73. The number of carbonyl (C=O) groups excluding carboxylic acids is 1. The molecule has 0 bridgehead atoms. The largest absolute Gasteiger partial charge is 0.497 e. The third-order valence-corrected chi connectivity index (χ3v) is 6.39. The molecule has 1 N–H and O–H groups in total. The van der Waals surface area contributed by atoms with Crippen molar-refractivity contribution < 1.29 is 19.4 Å². The number of rotatable bonds is 10. The van der Waals surface area contributed by atoms with Crippen LogP contribution >= 0.6 is 0 Å². The van der Waals surface area contributed by atoms with Gasteiger partial charge in [0.1, 0.15) is 11.9 Å². The Balaban J connectivity index is 2.39. The third-order valence-electron chi connectivity index (χ3n) is 4.95. The lowest BCUT2D eigenvalue weighted by molar-refractivity contribution is 0.0242. The first-order valence-electron chi connectivity index (χ1n) is 10.4. The molecule has 2 aromatic rings. The molecule has 0 aliphatic heterocycles. The molecule has 0 aromatic heterocycles. The number of ether oxygens (including phenoxy) is 2. The van der Waals surface area contributed by atoms with Crippen LogP contribution in [0.5, 0.6) is 5.75 Å². The van der Waals surface area contributed by atoms with E-state index in [4.69, 9.17) is 9.47 Å². The zero-order valence-electron chi connectivity index (χ0n) is 18.8. The number of carbonyl (C=O) groups is 1. The standard InChI is InChI=1S/C25H34O4Si/c1-18(2)23(26)14-15-24(29-25(27)19-10-8-7-9-11-19)22-13-12-21(28-3)16-20(22)17-30(4,5)6/h7-13,16,23-24,26H,1,14-15,17H2,2-6H3. The first kappa shape index (κ1) is 23.9. The van der Waals surface area contributed by atoms with Crippen molar-refractivity contribution in [2.24, 2.45) is 0 Å². The summed E-state index contributed by atoms with van der Waals surface area (Å²) in [5, 5.41) is 10.3. The Morgan fingerprint density at radius 2 is 1.77 bits per heavy atom. The van der Waals surface area contributed by atoms with E-state index < -0.39 is 20.3 Å². The van der Waals surface area contributed by atoms with Crippen molar-refractivity contribution in [1.29, 1.82) is 0 Å². The molecular formula is C25H34O4Si. The molecule has 2 aromatic carbocycles. The molecule has 0 saturated heterocycles. The molecule has 162 valence electrons. The Morgan fingerprint density at radius 3 is 2.33 bits per heavy atom. The number of benzene rings is 2. The molecule has 0 radical (unpaired) electrons. The second-order valence-corrected chi connectivity index (χ2v) is 14.5. The van der Waals surface area contributed by atoms with Gasteiger partial charge < -0.3 is 14.6 Å². The van der Waals surface area contributed by atoms with Gasteiger partial charge in [-0.15, -0.1) is 0 Å². The van der Waals surface area contributed by atoms with Gasteiger partial charge in [0.25, 0.3) is 0 Å². The third kappa shape index (κ3) is 7.15. The summed E-state index contributed by atoms with van der Waals surface area (Å²) in [5.41, 5.74) is 3.35. The molecule has 2 atom stereocenters. The molecule has 2 rings (SSSR count). The minimum atomic E-state index is -1.44. The molecule has 0 fully saturated rings. The van der Waals surface area contributed by atoms with Gasteiger partial charge in [0.2, 0.25) is 0 Å². The molecule has 0 amide bonds. The number of esters is 1.